The Morgan fingerprint density at radius 2 is 1.71 bits per heavy atom. The molecule has 0 bridgehead atoms. The fourth-order valence-electron chi connectivity index (χ4n) is 4.26. The van der Waals surface area contributed by atoms with E-state index in [0.29, 0.717) is 5.82 Å². The monoisotopic (exact) mass is 430 g/mol. The highest BCUT2D eigenvalue weighted by Crippen LogP contribution is 2.43. The van der Waals surface area contributed by atoms with Crippen molar-refractivity contribution in [3.63, 3.8) is 0 Å². The number of aromatic nitrogens is 5. The first kappa shape index (κ1) is 18.7. The summed E-state index contributed by atoms with van der Waals surface area (Å²) in [5.41, 5.74) is 3.99. The van der Waals surface area contributed by atoms with Gasteiger partial charge in [0.15, 0.2) is 11.0 Å². The van der Waals surface area contributed by atoms with Crippen molar-refractivity contribution in [3.05, 3.63) is 72.4 Å². The smallest absolute Gasteiger partial charge is 0.194 e. The van der Waals surface area contributed by atoms with Crippen molar-refractivity contribution in [1.29, 1.82) is 0 Å². The van der Waals surface area contributed by atoms with E-state index in [4.69, 9.17) is 15.1 Å². The maximum absolute atomic E-state index is 13.4. The summed E-state index contributed by atoms with van der Waals surface area (Å²) in [5.74, 6) is 0.455. The average molecular weight is 431 g/mol. The molecule has 1 fully saturated rings. The normalized spacial score (nSPS) is 18.0. The summed E-state index contributed by atoms with van der Waals surface area (Å²) in [5, 5.41) is 6.69. The first-order chi connectivity index (χ1) is 15.3. The minimum absolute atomic E-state index is 0.0512. The maximum atomic E-state index is 13.4. The van der Waals surface area contributed by atoms with Gasteiger partial charge in [-0.3, -0.25) is 9.88 Å². The van der Waals surface area contributed by atoms with Crippen molar-refractivity contribution in [2.75, 3.05) is 13.1 Å². The Balaban J connectivity index is 1.47. The zero-order valence-electron chi connectivity index (χ0n) is 16.6. The van der Waals surface area contributed by atoms with Crippen LogP contribution in [-0.4, -0.2) is 42.7 Å². The van der Waals surface area contributed by atoms with E-state index in [2.05, 4.69) is 16.0 Å². The van der Waals surface area contributed by atoms with Gasteiger partial charge < -0.3 is 0 Å². The molecule has 0 aliphatic carbocycles. The first-order valence-electron chi connectivity index (χ1n) is 10.3. The summed E-state index contributed by atoms with van der Waals surface area (Å²) in [6.07, 6.45) is 7.66. The Morgan fingerprint density at radius 3 is 2.48 bits per heavy atom. The molecule has 6 rings (SSSR count). The van der Waals surface area contributed by atoms with Gasteiger partial charge in [-0.05, 0) is 60.5 Å². The molecule has 6 nitrogen and oxygen atoms in total. The second-order valence-electron chi connectivity index (χ2n) is 7.74. The van der Waals surface area contributed by atoms with Gasteiger partial charge in [-0.1, -0.05) is 12.1 Å². The maximum Gasteiger partial charge on any atom is 0.194 e. The Labute approximate surface area is 183 Å². The van der Waals surface area contributed by atoms with Gasteiger partial charge in [0.25, 0.3) is 0 Å². The van der Waals surface area contributed by atoms with Crippen molar-refractivity contribution in [2.24, 2.45) is 0 Å². The van der Waals surface area contributed by atoms with Crippen LogP contribution in [0.4, 0.5) is 4.39 Å². The van der Waals surface area contributed by atoms with Crippen LogP contribution in [-0.2, 0) is 0 Å². The molecule has 3 aromatic heterocycles. The van der Waals surface area contributed by atoms with Gasteiger partial charge in [0.2, 0.25) is 0 Å². The minimum atomic E-state index is -0.240. The van der Waals surface area contributed by atoms with E-state index in [0.717, 1.165) is 45.5 Å². The number of halogens is 1. The minimum Gasteiger partial charge on any atom is -0.278 e. The van der Waals surface area contributed by atoms with Crippen LogP contribution in [0.1, 0.15) is 24.6 Å². The molecule has 0 spiro atoms. The van der Waals surface area contributed by atoms with E-state index in [9.17, 15) is 4.39 Å². The first-order valence-corrected chi connectivity index (χ1v) is 11.1. The third-order valence-corrected chi connectivity index (χ3v) is 6.77. The van der Waals surface area contributed by atoms with Crippen LogP contribution in [0.25, 0.3) is 22.5 Å². The molecule has 2 aliphatic heterocycles. The van der Waals surface area contributed by atoms with Crippen LogP contribution in [0.3, 0.4) is 0 Å². The summed E-state index contributed by atoms with van der Waals surface area (Å²) < 4.78 is 15.4. The third-order valence-electron chi connectivity index (χ3n) is 5.78. The lowest BCUT2D eigenvalue weighted by molar-refractivity contribution is 0.182. The molecule has 2 aliphatic rings. The van der Waals surface area contributed by atoms with Gasteiger partial charge in [0.05, 0.1) is 0 Å². The van der Waals surface area contributed by atoms with E-state index >= 15 is 0 Å². The van der Waals surface area contributed by atoms with Crippen molar-refractivity contribution in [3.8, 4) is 22.5 Å². The van der Waals surface area contributed by atoms with Crippen molar-refractivity contribution >= 4 is 11.8 Å². The average Bonchev–Trinajstić information content (AvgIpc) is 3.48. The van der Waals surface area contributed by atoms with Crippen LogP contribution in [0.15, 0.2) is 71.2 Å². The summed E-state index contributed by atoms with van der Waals surface area (Å²) in [6, 6.07) is 12.6. The summed E-state index contributed by atoms with van der Waals surface area (Å²) in [6.45, 7) is 2.03. The summed E-state index contributed by atoms with van der Waals surface area (Å²) in [4.78, 5) is 16.1. The van der Waals surface area contributed by atoms with Crippen molar-refractivity contribution in [1.82, 2.24) is 29.6 Å². The van der Waals surface area contributed by atoms with E-state index in [-0.39, 0.29) is 12.0 Å². The van der Waals surface area contributed by atoms with Gasteiger partial charge in [-0.15, -0.1) is 5.10 Å². The van der Waals surface area contributed by atoms with Crippen LogP contribution in [0, 0.1) is 5.82 Å². The zero-order chi connectivity index (χ0) is 20.8. The van der Waals surface area contributed by atoms with E-state index in [1.165, 1.54) is 25.0 Å². The van der Waals surface area contributed by atoms with Gasteiger partial charge in [0.1, 0.15) is 17.0 Å². The fraction of sp³-hybridized carbons (Fsp3) is 0.217. The Bertz CT molecular complexity index is 1230. The SMILES string of the molecule is Fc1ccc(-c2cnc3c(c2)[C@H](N2CCCC2)n2nc(-c4ccncc4)nc2S3)cc1. The lowest BCUT2D eigenvalue weighted by atomic mass is 10.0. The highest BCUT2D eigenvalue weighted by atomic mass is 32.2. The van der Waals surface area contributed by atoms with Gasteiger partial charge in [-0.25, -0.2) is 19.0 Å². The molecule has 0 radical (unpaired) electrons. The molecule has 1 aromatic carbocycles. The number of rotatable bonds is 3. The van der Waals surface area contributed by atoms with Crippen molar-refractivity contribution < 1.29 is 4.39 Å². The predicted molar refractivity (Wildman–Crippen MR) is 116 cm³/mol. The molecule has 8 heteroatoms. The Morgan fingerprint density at radius 1 is 0.935 bits per heavy atom. The Hall–Kier alpha value is -3.10. The van der Waals surface area contributed by atoms with Crippen molar-refractivity contribution in [2.45, 2.75) is 29.2 Å². The number of hydrogen-bond acceptors (Lipinski definition) is 6. The van der Waals surface area contributed by atoms with E-state index in [1.807, 2.05) is 23.0 Å². The summed E-state index contributed by atoms with van der Waals surface area (Å²) in [7, 11) is 0. The molecule has 154 valence electrons. The highest BCUT2D eigenvalue weighted by molar-refractivity contribution is 7.99. The molecule has 5 heterocycles. The highest BCUT2D eigenvalue weighted by Gasteiger charge is 2.35. The predicted octanol–water partition coefficient (Wildman–Crippen LogP) is 4.65. The molecule has 0 amide bonds. The number of benzene rings is 1. The number of hydrogen-bond donors (Lipinski definition) is 0. The molecule has 31 heavy (non-hydrogen) atoms. The molecular formula is C23H19FN6S. The standard InChI is InChI=1S/C23H19FN6S/c24-18-5-3-15(4-6-18)17-13-19-21(26-14-17)31-23-27-20(16-7-9-25-10-8-16)28-30(23)22(19)29-11-1-2-12-29/h3-10,13-14,22H,1-2,11-12H2/t22-/m1/s1. The molecular weight excluding hydrogens is 411 g/mol. The zero-order valence-corrected chi connectivity index (χ0v) is 17.5. The fourth-order valence-corrected chi connectivity index (χ4v) is 5.18. The largest absolute Gasteiger partial charge is 0.278 e. The number of nitrogens with zero attached hydrogens (tertiary/aromatic N) is 6. The third kappa shape index (κ3) is 3.32. The molecule has 0 saturated carbocycles. The topological polar surface area (TPSA) is 59.7 Å². The second kappa shape index (κ2) is 7.55. The van der Waals surface area contributed by atoms with Crippen LogP contribution >= 0.6 is 11.8 Å². The number of likely N-dealkylation sites (tertiary alicyclic amines) is 1. The summed E-state index contributed by atoms with van der Waals surface area (Å²) >= 11 is 1.54. The van der Waals surface area contributed by atoms with E-state index in [1.54, 1.807) is 36.3 Å². The molecule has 1 atom stereocenters. The van der Waals surface area contributed by atoms with Gasteiger partial charge in [-0.2, -0.15) is 0 Å². The van der Waals surface area contributed by atoms with Gasteiger partial charge >= 0.3 is 0 Å². The molecule has 4 aromatic rings. The molecule has 0 unspecified atom stereocenters. The quantitative estimate of drug-likeness (QED) is 0.472. The van der Waals surface area contributed by atoms with E-state index < -0.39 is 0 Å². The molecule has 0 N–H and O–H groups in total. The lowest BCUT2D eigenvalue weighted by Crippen LogP contribution is -2.34. The number of fused-ring (bicyclic) bond motifs is 2. The van der Waals surface area contributed by atoms with Gasteiger partial charge in [0, 0.05) is 48.4 Å². The lowest BCUT2D eigenvalue weighted by Gasteiger charge is -2.32. The Kier molecular flexibility index (Phi) is 4.54. The number of pyridine rings is 2. The van der Waals surface area contributed by atoms with Crippen LogP contribution in [0.5, 0.6) is 0 Å². The molecule has 1 saturated heterocycles. The second-order valence-corrected chi connectivity index (χ2v) is 8.70. The van der Waals surface area contributed by atoms with Crippen LogP contribution in [0.2, 0.25) is 0 Å². The van der Waals surface area contributed by atoms with Crippen LogP contribution < -0.4 is 0 Å².